The zero-order chi connectivity index (χ0) is 21.1. The van der Waals surface area contributed by atoms with Crippen LogP contribution in [0.5, 0.6) is 0 Å². The number of carbonyl (C=O) groups excluding carboxylic acids is 1. The van der Waals surface area contributed by atoms with E-state index in [1.807, 2.05) is 13.0 Å². The fraction of sp³-hybridized carbons (Fsp3) is 0.500. The molecule has 1 aromatic carbocycles. The molecule has 2 saturated heterocycles. The minimum absolute atomic E-state index is 0.0577. The Hall–Kier alpha value is -2.77. The van der Waals surface area contributed by atoms with Crippen LogP contribution < -0.4 is 9.80 Å². The van der Waals surface area contributed by atoms with Gasteiger partial charge in [-0.25, -0.2) is 13.8 Å². The smallest absolute Gasteiger partial charge is 0.227 e. The first-order chi connectivity index (χ1) is 14.5. The van der Waals surface area contributed by atoms with Gasteiger partial charge in [0.05, 0.1) is 6.42 Å². The monoisotopic (exact) mass is 415 g/mol. The molecule has 6 nitrogen and oxygen atoms in total. The fourth-order valence-electron chi connectivity index (χ4n) is 4.06. The highest BCUT2D eigenvalue weighted by molar-refractivity contribution is 5.79. The summed E-state index contributed by atoms with van der Waals surface area (Å²) in [6, 6.07) is 5.32. The van der Waals surface area contributed by atoms with E-state index in [1.165, 1.54) is 31.4 Å². The van der Waals surface area contributed by atoms with Crippen molar-refractivity contribution in [3.8, 4) is 0 Å². The van der Waals surface area contributed by atoms with E-state index < -0.39 is 11.6 Å². The van der Waals surface area contributed by atoms with Gasteiger partial charge >= 0.3 is 0 Å². The van der Waals surface area contributed by atoms with Crippen LogP contribution >= 0.6 is 0 Å². The Balaban J connectivity index is 1.38. The van der Waals surface area contributed by atoms with Gasteiger partial charge in [0.1, 0.15) is 17.5 Å². The number of piperidine rings is 1. The van der Waals surface area contributed by atoms with Gasteiger partial charge in [-0.05, 0) is 37.8 Å². The molecule has 1 aromatic heterocycles. The molecule has 0 spiro atoms. The third-order valence-corrected chi connectivity index (χ3v) is 5.78. The molecule has 2 fully saturated rings. The number of rotatable bonds is 4. The quantitative estimate of drug-likeness (QED) is 0.769. The summed E-state index contributed by atoms with van der Waals surface area (Å²) in [7, 11) is 0. The predicted octanol–water partition coefficient (Wildman–Crippen LogP) is 2.94. The lowest BCUT2D eigenvalue weighted by Crippen LogP contribution is -2.49. The van der Waals surface area contributed by atoms with Crippen molar-refractivity contribution in [1.82, 2.24) is 14.9 Å². The number of hydrogen-bond donors (Lipinski definition) is 0. The molecule has 0 atom stereocenters. The van der Waals surface area contributed by atoms with Crippen molar-refractivity contribution in [3.63, 3.8) is 0 Å². The maximum Gasteiger partial charge on any atom is 0.227 e. The summed E-state index contributed by atoms with van der Waals surface area (Å²) in [5.74, 6) is 0.216. The summed E-state index contributed by atoms with van der Waals surface area (Å²) in [4.78, 5) is 28.1. The van der Waals surface area contributed by atoms with Gasteiger partial charge in [-0.1, -0.05) is 6.07 Å². The molecule has 0 saturated carbocycles. The molecule has 30 heavy (non-hydrogen) atoms. The van der Waals surface area contributed by atoms with Gasteiger partial charge in [0.15, 0.2) is 0 Å². The summed E-state index contributed by atoms with van der Waals surface area (Å²) in [5, 5.41) is 0. The molecule has 0 bridgehead atoms. The highest BCUT2D eigenvalue weighted by Crippen LogP contribution is 2.22. The number of carbonyl (C=O) groups is 1. The molecule has 160 valence electrons. The number of benzene rings is 1. The summed E-state index contributed by atoms with van der Waals surface area (Å²) in [6.07, 6.45) is 3.54. The molecule has 2 aliphatic rings. The highest BCUT2D eigenvalue weighted by Gasteiger charge is 2.24. The zero-order valence-corrected chi connectivity index (χ0v) is 17.3. The van der Waals surface area contributed by atoms with Crippen molar-refractivity contribution in [2.45, 2.75) is 32.6 Å². The third kappa shape index (κ3) is 4.68. The lowest BCUT2D eigenvalue weighted by atomic mass is 10.1. The number of anilines is 2. The molecule has 3 heterocycles. The normalized spacial score (nSPS) is 17.4. The van der Waals surface area contributed by atoms with Crippen LogP contribution in [0, 0.1) is 18.6 Å². The van der Waals surface area contributed by atoms with E-state index in [2.05, 4.69) is 14.8 Å². The molecule has 8 heteroatoms. The Bertz CT molecular complexity index is 908. The molecule has 2 aliphatic heterocycles. The van der Waals surface area contributed by atoms with Gasteiger partial charge in [0.25, 0.3) is 0 Å². The topological polar surface area (TPSA) is 52.6 Å². The van der Waals surface area contributed by atoms with E-state index in [9.17, 15) is 13.6 Å². The van der Waals surface area contributed by atoms with Crippen molar-refractivity contribution >= 4 is 17.7 Å². The first kappa shape index (κ1) is 20.5. The summed E-state index contributed by atoms with van der Waals surface area (Å²) in [5.41, 5.74) is 1.16. The van der Waals surface area contributed by atoms with Crippen LogP contribution in [0.25, 0.3) is 0 Å². The first-order valence-electron chi connectivity index (χ1n) is 10.6. The fourth-order valence-corrected chi connectivity index (χ4v) is 4.06. The van der Waals surface area contributed by atoms with Crippen LogP contribution in [0.1, 0.15) is 30.5 Å². The maximum atomic E-state index is 13.9. The van der Waals surface area contributed by atoms with Gasteiger partial charge in [-0.3, -0.25) is 4.79 Å². The lowest BCUT2D eigenvalue weighted by Gasteiger charge is -2.36. The van der Waals surface area contributed by atoms with Crippen LogP contribution in [-0.4, -0.2) is 60.0 Å². The second-order valence-corrected chi connectivity index (χ2v) is 8.00. The van der Waals surface area contributed by atoms with Gasteiger partial charge < -0.3 is 14.7 Å². The van der Waals surface area contributed by atoms with Crippen molar-refractivity contribution in [1.29, 1.82) is 0 Å². The van der Waals surface area contributed by atoms with Crippen molar-refractivity contribution in [2.75, 3.05) is 49.1 Å². The Kier molecular flexibility index (Phi) is 6.11. The van der Waals surface area contributed by atoms with Crippen molar-refractivity contribution < 1.29 is 13.6 Å². The van der Waals surface area contributed by atoms with E-state index in [0.29, 0.717) is 26.2 Å². The van der Waals surface area contributed by atoms with Crippen LogP contribution in [0.3, 0.4) is 0 Å². The average molecular weight is 415 g/mol. The van der Waals surface area contributed by atoms with Gasteiger partial charge in [-0.2, -0.15) is 4.98 Å². The van der Waals surface area contributed by atoms with Gasteiger partial charge in [-0.15, -0.1) is 0 Å². The first-order valence-corrected chi connectivity index (χ1v) is 10.6. The summed E-state index contributed by atoms with van der Waals surface area (Å²) >= 11 is 0. The van der Waals surface area contributed by atoms with E-state index in [0.717, 1.165) is 36.6 Å². The number of halogens is 2. The molecular formula is C22H27F2N5O. The van der Waals surface area contributed by atoms with Crippen LogP contribution in [0.4, 0.5) is 20.5 Å². The summed E-state index contributed by atoms with van der Waals surface area (Å²) in [6.45, 7) is 6.38. The molecule has 1 amide bonds. The van der Waals surface area contributed by atoms with E-state index >= 15 is 0 Å². The standard InChI is InChI=1S/C22H27F2N5O/c1-16-13-20(26-22(25-16)29-7-3-2-4-8-29)27-9-11-28(12-10-27)21(30)14-17-5-6-18(23)15-19(17)24/h5-6,13,15H,2-4,7-12,14H2,1H3. The zero-order valence-electron chi connectivity index (χ0n) is 17.3. The molecule has 0 aliphatic carbocycles. The number of hydrogen-bond acceptors (Lipinski definition) is 5. The SMILES string of the molecule is Cc1cc(N2CCN(C(=O)Cc3ccc(F)cc3F)CC2)nc(N2CCCCC2)n1. The van der Waals surface area contributed by atoms with Crippen LogP contribution in [0.15, 0.2) is 24.3 Å². The van der Waals surface area contributed by atoms with Crippen molar-refractivity contribution in [2.24, 2.45) is 0 Å². The Morgan fingerprint density at radius 3 is 2.37 bits per heavy atom. The number of nitrogens with zero attached hydrogens (tertiary/aromatic N) is 5. The van der Waals surface area contributed by atoms with Crippen LogP contribution in [-0.2, 0) is 11.2 Å². The molecule has 4 rings (SSSR count). The van der Waals surface area contributed by atoms with E-state index in [4.69, 9.17) is 4.98 Å². The number of aryl methyl sites for hydroxylation is 1. The lowest BCUT2D eigenvalue weighted by molar-refractivity contribution is -0.130. The largest absolute Gasteiger partial charge is 0.353 e. The Labute approximate surface area is 175 Å². The van der Waals surface area contributed by atoms with Gasteiger partial charge in [0, 0.05) is 57.1 Å². The Morgan fingerprint density at radius 1 is 0.933 bits per heavy atom. The average Bonchev–Trinajstić information content (AvgIpc) is 2.76. The van der Waals surface area contributed by atoms with E-state index in [1.54, 1.807) is 4.90 Å². The van der Waals surface area contributed by atoms with Crippen LogP contribution in [0.2, 0.25) is 0 Å². The Morgan fingerprint density at radius 2 is 1.67 bits per heavy atom. The minimum atomic E-state index is -0.677. The third-order valence-electron chi connectivity index (χ3n) is 5.78. The minimum Gasteiger partial charge on any atom is -0.353 e. The number of piperazine rings is 1. The second-order valence-electron chi connectivity index (χ2n) is 8.00. The molecule has 0 unspecified atom stereocenters. The highest BCUT2D eigenvalue weighted by atomic mass is 19.1. The van der Waals surface area contributed by atoms with Gasteiger partial charge in [0.2, 0.25) is 11.9 Å². The maximum absolute atomic E-state index is 13.9. The number of amides is 1. The van der Waals surface area contributed by atoms with Crippen molar-refractivity contribution in [3.05, 3.63) is 47.2 Å². The molecule has 2 aromatic rings. The van der Waals surface area contributed by atoms with E-state index in [-0.39, 0.29) is 17.9 Å². The number of aromatic nitrogens is 2. The molecular weight excluding hydrogens is 388 g/mol. The predicted molar refractivity (Wildman–Crippen MR) is 112 cm³/mol. The second kappa shape index (κ2) is 8.93. The molecule has 0 N–H and O–H groups in total. The summed E-state index contributed by atoms with van der Waals surface area (Å²) < 4.78 is 26.9. The molecule has 0 radical (unpaired) electrons.